The quantitative estimate of drug-likeness (QED) is 0.181. The first kappa shape index (κ1) is 37.9. The third kappa shape index (κ3) is 9.62. The minimum atomic E-state index is -3.92. The molecule has 1 aromatic rings. The van der Waals surface area contributed by atoms with E-state index in [1.807, 2.05) is 0 Å². The number of hydrogen-bond acceptors (Lipinski definition) is 12. The maximum atomic E-state index is 16.2. The van der Waals surface area contributed by atoms with Crippen LogP contribution in [0.15, 0.2) is 17.1 Å². The molecule has 0 radical (unpaired) electrons. The largest absolute Gasteiger partial charge is 0.462 e. The van der Waals surface area contributed by atoms with Crippen molar-refractivity contribution in [3.05, 3.63) is 22.7 Å². The van der Waals surface area contributed by atoms with E-state index in [-0.39, 0.29) is 5.82 Å². The van der Waals surface area contributed by atoms with Gasteiger partial charge in [0.15, 0.2) is 0 Å². The van der Waals surface area contributed by atoms with Crippen LogP contribution in [-0.2, 0) is 42.0 Å². The Morgan fingerprint density at radius 1 is 1.02 bits per heavy atom. The van der Waals surface area contributed by atoms with Gasteiger partial charge in [-0.1, -0.05) is 0 Å². The molecule has 1 aliphatic rings. The van der Waals surface area contributed by atoms with E-state index in [4.69, 9.17) is 29.0 Å². The molecule has 3 unspecified atom stereocenters. The number of hydrogen-bond donors (Lipinski definition) is 3. The summed E-state index contributed by atoms with van der Waals surface area (Å²) in [6, 6.07) is -1.04. The van der Waals surface area contributed by atoms with Crippen molar-refractivity contribution in [1.29, 1.82) is 0 Å². The lowest BCUT2D eigenvalue weighted by Crippen LogP contribution is -2.49. The Morgan fingerprint density at radius 2 is 1.50 bits per heavy atom. The molecule has 1 aromatic heterocycles. The predicted octanol–water partition coefficient (Wildman–Crippen LogP) is 2.90. The Hall–Kier alpha value is -2.26. The molecule has 1 aliphatic heterocycles. The van der Waals surface area contributed by atoms with Crippen LogP contribution in [0.5, 0.6) is 0 Å². The number of nitrogens with two attached hydrogens (primary N) is 1. The molecule has 0 spiro atoms. The van der Waals surface area contributed by atoms with Gasteiger partial charge in [-0.05, 0) is 54.5 Å². The fourth-order valence-electron chi connectivity index (χ4n) is 4.16. The number of rotatable bonds is 15. The molecule has 0 aliphatic carbocycles. The highest BCUT2D eigenvalue weighted by Gasteiger charge is 2.68. The van der Waals surface area contributed by atoms with Crippen LogP contribution in [0.3, 0.4) is 0 Å². The van der Waals surface area contributed by atoms with Crippen molar-refractivity contribution in [3.8, 4) is 0 Å². The van der Waals surface area contributed by atoms with Gasteiger partial charge in [-0.25, -0.2) is 23.7 Å². The summed E-state index contributed by atoms with van der Waals surface area (Å²) >= 11 is 0. The van der Waals surface area contributed by atoms with Crippen LogP contribution in [-0.4, -0.2) is 84.4 Å². The van der Waals surface area contributed by atoms with Gasteiger partial charge in [-0.15, -0.1) is 0 Å². The molecule has 0 aromatic carbocycles. The van der Waals surface area contributed by atoms with Crippen LogP contribution in [0.25, 0.3) is 0 Å². The maximum absolute atomic E-state index is 16.2. The highest BCUT2D eigenvalue weighted by Crippen LogP contribution is 2.57. The van der Waals surface area contributed by atoms with Gasteiger partial charge in [-0.2, -0.15) is 4.98 Å². The molecule has 1 saturated heterocycles. The smallest absolute Gasteiger partial charge is 0.351 e. The highest BCUT2D eigenvalue weighted by atomic mass is 31.2. The first-order valence-corrected chi connectivity index (χ1v) is 17.9. The maximum Gasteiger partial charge on any atom is 0.351 e. The highest BCUT2D eigenvalue weighted by molar-refractivity contribution is 7.56. The fourth-order valence-corrected chi connectivity index (χ4v) is 6.87. The molecule has 15 nitrogen and oxygen atoms in total. The number of esters is 2. The number of carbonyl (C=O) groups excluding carboxylic acids is 2. The Balaban J connectivity index is 2.35. The molecule has 19 heteroatoms. The third-order valence-corrected chi connectivity index (χ3v) is 9.51. The van der Waals surface area contributed by atoms with Gasteiger partial charge < -0.3 is 29.0 Å². The SMILES string of the molecule is CC(C)OC(=O)[C@H](C)NP(C)(=O)OC[C@H]1O[C@@H](n2ccc(N)nc2=O)C(F)(F)C1(C)COP(C)(=O)N[C@@H](C)C(=O)OC(C)C. The summed E-state index contributed by atoms with van der Waals surface area (Å²) in [5, 5.41) is 4.97. The number of nitrogens with one attached hydrogen (secondary N) is 2. The van der Waals surface area contributed by atoms with E-state index >= 15 is 8.78 Å². The van der Waals surface area contributed by atoms with E-state index in [0.717, 1.165) is 32.5 Å². The van der Waals surface area contributed by atoms with Crippen LogP contribution < -0.4 is 21.6 Å². The van der Waals surface area contributed by atoms with E-state index in [1.54, 1.807) is 27.7 Å². The normalized spacial score (nSPS) is 25.7. The molecule has 2 heterocycles. The Morgan fingerprint density at radius 3 is 1.95 bits per heavy atom. The zero-order valence-corrected chi connectivity index (χ0v) is 28.0. The number of ether oxygens (including phenoxy) is 3. The van der Waals surface area contributed by atoms with Crippen LogP contribution in [0.2, 0.25) is 0 Å². The van der Waals surface area contributed by atoms with E-state index in [9.17, 15) is 23.5 Å². The monoisotopic (exact) mass is 673 g/mol. The van der Waals surface area contributed by atoms with Gasteiger partial charge in [-0.3, -0.25) is 23.3 Å². The number of halogens is 2. The molecular formula is C25H43F2N5O10P2. The number of aromatic nitrogens is 2. The summed E-state index contributed by atoms with van der Waals surface area (Å²) in [7, 11) is -7.75. The Kier molecular flexibility index (Phi) is 12.5. The topological polar surface area (TPSA) is 199 Å². The van der Waals surface area contributed by atoms with Gasteiger partial charge in [0.05, 0.1) is 36.9 Å². The van der Waals surface area contributed by atoms with Crippen molar-refractivity contribution >= 4 is 32.8 Å². The number of alkyl halides is 2. The van der Waals surface area contributed by atoms with Gasteiger partial charge >= 0.3 is 23.6 Å². The van der Waals surface area contributed by atoms with E-state index in [0.29, 0.717) is 4.57 Å². The molecule has 1 fully saturated rings. The van der Waals surface area contributed by atoms with E-state index < -0.39 is 93.8 Å². The Bertz CT molecular complexity index is 1350. The minimum Gasteiger partial charge on any atom is -0.462 e. The van der Waals surface area contributed by atoms with Crippen LogP contribution in [0.4, 0.5) is 14.6 Å². The number of nitrogen functional groups attached to an aromatic ring is 1. The third-order valence-electron chi connectivity index (χ3n) is 6.53. The standard InChI is InChI=1S/C25H43F2N5O10P2/c1-14(2)40-20(33)16(5)30-43(8,36)38-12-18-24(7,13-39-44(9,37)31-17(6)21(34)41-15(3)4)25(26,27)22(42-18)32-11-10-19(28)29-23(32)35/h10-11,14-18,22H,12-13H2,1-9H3,(H,30,36)(H,31,37)(H2,28,29,35)/t16-,17-,18+,22+,24?,43?,44?/m0/s1. The second kappa shape index (κ2) is 14.4. The Labute approximate surface area is 254 Å². The summed E-state index contributed by atoms with van der Waals surface area (Å²) in [5.74, 6) is -5.54. The molecule has 252 valence electrons. The van der Waals surface area contributed by atoms with Crippen molar-refractivity contribution in [2.24, 2.45) is 5.41 Å². The molecular weight excluding hydrogens is 630 g/mol. The summed E-state index contributed by atoms with van der Waals surface area (Å²) in [6.45, 7) is 10.9. The number of nitrogens with zero attached hydrogens (tertiary/aromatic N) is 2. The lowest BCUT2D eigenvalue weighted by Gasteiger charge is -2.35. The van der Waals surface area contributed by atoms with Gasteiger partial charge in [0.25, 0.3) is 15.0 Å². The van der Waals surface area contributed by atoms with Crippen molar-refractivity contribution in [3.63, 3.8) is 0 Å². The van der Waals surface area contributed by atoms with Crippen LogP contribution in [0.1, 0.15) is 54.7 Å². The average Bonchev–Trinajstić information content (AvgIpc) is 3.05. The minimum absolute atomic E-state index is 0.204. The summed E-state index contributed by atoms with van der Waals surface area (Å²) in [6.07, 6.45) is -3.75. The molecule has 0 saturated carbocycles. The second-order valence-corrected chi connectivity index (χ2v) is 15.9. The summed E-state index contributed by atoms with van der Waals surface area (Å²) in [4.78, 5) is 40.3. The van der Waals surface area contributed by atoms with Gasteiger partial charge in [0.1, 0.15) is 17.9 Å². The molecule has 2 rings (SSSR count). The lowest BCUT2D eigenvalue weighted by atomic mass is 9.80. The van der Waals surface area contributed by atoms with Crippen molar-refractivity contribution < 1.29 is 50.8 Å². The van der Waals surface area contributed by atoms with Crippen molar-refractivity contribution in [2.75, 3.05) is 32.3 Å². The summed E-state index contributed by atoms with van der Waals surface area (Å²) in [5.41, 5.74) is 2.03. The molecule has 0 amide bonds. The lowest BCUT2D eigenvalue weighted by molar-refractivity contribution is -0.153. The van der Waals surface area contributed by atoms with Gasteiger partial charge in [0.2, 0.25) is 6.23 Å². The average molecular weight is 674 g/mol. The number of anilines is 1. The predicted molar refractivity (Wildman–Crippen MR) is 156 cm³/mol. The first-order valence-electron chi connectivity index (χ1n) is 13.8. The van der Waals surface area contributed by atoms with Crippen LogP contribution in [0, 0.1) is 5.41 Å². The zero-order chi connectivity index (χ0) is 33.8. The summed E-state index contributed by atoms with van der Waals surface area (Å²) < 4.78 is 86.1. The van der Waals surface area contributed by atoms with Crippen LogP contribution >= 0.6 is 15.0 Å². The molecule has 44 heavy (non-hydrogen) atoms. The first-order chi connectivity index (χ1) is 20.0. The van der Waals surface area contributed by atoms with E-state index in [1.165, 1.54) is 13.8 Å². The number of carbonyl (C=O) groups is 2. The van der Waals surface area contributed by atoms with Gasteiger partial charge in [0, 0.05) is 19.5 Å². The van der Waals surface area contributed by atoms with E-state index in [2.05, 4.69) is 15.2 Å². The zero-order valence-electron chi connectivity index (χ0n) is 26.2. The fraction of sp³-hybridized carbons (Fsp3) is 0.760. The molecule has 4 N–H and O–H groups in total. The molecule has 7 atom stereocenters. The van der Waals surface area contributed by atoms with Crippen molar-refractivity contribution in [2.45, 2.75) is 91.0 Å². The molecule has 0 bridgehead atoms. The second-order valence-electron chi connectivity index (χ2n) is 11.5. The van der Waals surface area contributed by atoms with Crippen molar-refractivity contribution in [1.82, 2.24) is 19.7 Å².